The molecule has 1 aliphatic rings. The number of carbonyl (C=O) groups excluding carboxylic acids is 1. The van der Waals surface area contributed by atoms with E-state index in [1.54, 1.807) is 24.3 Å². The van der Waals surface area contributed by atoms with Gasteiger partial charge in [-0.25, -0.2) is 8.42 Å². The molecule has 0 bridgehead atoms. The van der Waals surface area contributed by atoms with Crippen molar-refractivity contribution in [3.63, 3.8) is 0 Å². The van der Waals surface area contributed by atoms with E-state index < -0.39 is 10.0 Å². The molecule has 31 heavy (non-hydrogen) atoms. The van der Waals surface area contributed by atoms with Crippen LogP contribution in [0.5, 0.6) is 0 Å². The maximum atomic E-state index is 13.1. The van der Waals surface area contributed by atoms with Gasteiger partial charge in [0.1, 0.15) is 0 Å². The summed E-state index contributed by atoms with van der Waals surface area (Å²) in [4.78, 5) is 13.1. The zero-order valence-corrected chi connectivity index (χ0v) is 18.7. The topological polar surface area (TPSA) is 66.5 Å². The van der Waals surface area contributed by atoms with Crippen LogP contribution in [0.25, 0.3) is 0 Å². The van der Waals surface area contributed by atoms with Gasteiger partial charge in [-0.3, -0.25) is 9.10 Å². The lowest BCUT2D eigenvalue weighted by atomic mass is 9.87. The van der Waals surface area contributed by atoms with E-state index in [0.717, 1.165) is 24.8 Å². The molecule has 1 N–H and O–H groups in total. The molecule has 0 spiro atoms. The molecule has 0 aliphatic heterocycles. The Bertz CT molecular complexity index is 1210. The van der Waals surface area contributed by atoms with Gasteiger partial charge in [0.25, 0.3) is 15.9 Å². The molecule has 0 saturated carbocycles. The fraction of sp³-hybridized carbons (Fsp3) is 0.208. The second kappa shape index (κ2) is 8.73. The molecule has 3 aromatic rings. The lowest BCUT2D eigenvalue weighted by molar-refractivity contribution is 0.0932. The van der Waals surface area contributed by atoms with Gasteiger partial charge in [0.2, 0.25) is 0 Å². The van der Waals surface area contributed by atoms with Crippen LogP contribution in [-0.2, 0) is 16.4 Å². The quantitative estimate of drug-likeness (QED) is 0.591. The third-order valence-electron chi connectivity index (χ3n) is 5.64. The van der Waals surface area contributed by atoms with Gasteiger partial charge in [0.15, 0.2) is 0 Å². The highest BCUT2D eigenvalue weighted by Crippen LogP contribution is 2.31. The van der Waals surface area contributed by atoms with E-state index in [1.165, 1.54) is 35.1 Å². The maximum absolute atomic E-state index is 13.1. The Hall–Kier alpha value is -2.83. The first kappa shape index (κ1) is 21.4. The van der Waals surface area contributed by atoms with Gasteiger partial charge in [-0.15, -0.1) is 0 Å². The van der Waals surface area contributed by atoms with Gasteiger partial charge < -0.3 is 5.32 Å². The average Bonchev–Trinajstić information content (AvgIpc) is 2.79. The van der Waals surface area contributed by atoms with Gasteiger partial charge >= 0.3 is 0 Å². The van der Waals surface area contributed by atoms with E-state index >= 15 is 0 Å². The molecular weight excluding hydrogens is 432 g/mol. The van der Waals surface area contributed by atoms with Crippen LogP contribution in [0.4, 0.5) is 5.69 Å². The normalized spacial score (nSPS) is 15.7. The average molecular weight is 455 g/mol. The lowest BCUT2D eigenvalue weighted by Crippen LogP contribution is -2.31. The van der Waals surface area contributed by atoms with Crippen LogP contribution in [0.2, 0.25) is 5.02 Å². The summed E-state index contributed by atoms with van der Waals surface area (Å²) in [6.45, 7) is 0. The van der Waals surface area contributed by atoms with E-state index in [4.69, 9.17) is 11.6 Å². The summed E-state index contributed by atoms with van der Waals surface area (Å²) >= 11 is 6.29. The van der Waals surface area contributed by atoms with E-state index in [9.17, 15) is 13.2 Å². The van der Waals surface area contributed by atoms with Gasteiger partial charge in [0.05, 0.1) is 27.2 Å². The zero-order valence-electron chi connectivity index (χ0n) is 17.1. The van der Waals surface area contributed by atoms with Crippen molar-refractivity contribution < 1.29 is 13.2 Å². The molecule has 0 aromatic heterocycles. The molecule has 160 valence electrons. The Labute approximate surface area is 187 Å². The molecule has 1 unspecified atom stereocenters. The Balaban J connectivity index is 1.62. The Morgan fingerprint density at radius 3 is 2.52 bits per heavy atom. The van der Waals surface area contributed by atoms with Crippen LogP contribution in [0.15, 0.2) is 77.7 Å². The number of fused-ring (bicyclic) bond motifs is 1. The molecule has 1 amide bonds. The molecule has 1 aliphatic carbocycles. The fourth-order valence-electron chi connectivity index (χ4n) is 3.91. The predicted octanol–water partition coefficient (Wildman–Crippen LogP) is 4.97. The molecule has 0 saturated heterocycles. The van der Waals surface area contributed by atoms with Crippen molar-refractivity contribution in [3.8, 4) is 0 Å². The van der Waals surface area contributed by atoms with Crippen molar-refractivity contribution in [2.75, 3.05) is 11.4 Å². The third-order valence-corrected chi connectivity index (χ3v) is 7.75. The van der Waals surface area contributed by atoms with E-state index in [0.29, 0.717) is 5.69 Å². The Morgan fingerprint density at radius 1 is 1.03 bits per heavy atom. The summed E-state index contributed by atoms with van der Waals surface area (Å²) < 4.78 is 27.4. The molecule has 5 nitrogen and oxygen atoms in total. The third kappa shape index (κ3) is 4.31. The van der Waals surface area contributed by atoms with Gasteiger partial charge in [-0.2, -0.15) is 0 Å². The monoisotopic (exact) mass is 454 g/mol. The zero-order chi connectivity index (χ0) is 22.0. The summed E-state index contributed by atoms with van der Waals surface area (Å²) in [5.74, 6) is -0.383. The first-order chi connectivity index (χ1) is 14.9. The Morgan fingerprint density at radius 2 is 1.74 bits per heavy atom. The molecular formula is C24H23ClN2O3S. The van der Waals surface area contributed by atoms with Gasteiger partial charge in [-0.05, 0) is 60.7 Å². The van der Waals surface area contributed by atoms with Crippen LogP contribution < -0.4 is 9.62 Å². The molecule has 1 atom stereocenters. The van der Waals surface area contributed by atoms with Gasteiger partial charge in [-0.1, -0.05) is 54.1 Å². The van der Waals surface area contributed by atoms with Crippen molar-refractivity contribution in [2.24, 2.45) is 0 Å². The van der Waals surface area contributed by atoms with E-state index in [1.807, 2.05) is 24.3 Å². The summed E-state index contributed by atoms with van der Waals surface area (Å²) in [7, 11) is -2.37. The van der Waals surface area contributed by atoms with Crippen LogP contribution >= 0.6 is 11.6 Å². The lowest BCUT2D eigenvalue weighted by Gasteiger charge is -2.26. The number of nitrogens with one attached hydrogen (secondary N) is 1. The van der Waals surface area contributed by atoms with Crippen molar-refractivity contribution in [2.45, 2.75) is 30.2 Å². The largest absolute Gasteiger partial charge is 0.345 e. The molecule has 7 heteroatoms. The van der Waals surface area contributed by atoms with Crippen LogP contribution in [0, 0.1) is 0 Å². The summed E-state index contributed by atoms with van der Waals surface area (Å²) in [5.41, 5.74) is 3.01. The molecule has 3 aromatic carbocycles. The predicted molar refractivity (Wildman–Crippen MR) is 123 cm³/mol. The number of para-hydroxylation sites is 1. The van der Waals surface area contributed by atoms with Crippen molar-refractivity contribution in [3.05, 3.63) is 94.5 Å². The number of aryl methyl sites for hydroxylation is 1. The number of sulfonamides is 1. The molecule has 0 heterocycles. The number of halogens is 1. The van der Waals surface area contributed by atoms with E-state index in [-0.39, 0.29) is 27.4 Å². The fourth-order valence-corrected chi connectivity index (χ4v) is 5.34. The van der Waals surface area contributed by atoms with Crippen LogP contribution in [0.1, 0.15) is 40.4 Å². The van der Waals surface area contributed by atoms with E-state index in [2.05, 4.69) is 11.4 Å². The minimum Gasteiger partial charge on any atom is -0.345 e. The minimum absolute atomic E-state index is 0.0115. The second-order valence-electron chi connectivity index (χ2n) is 7.57. The highest BCUT2D eigenvalue weighted by atomic mass is 35.5. The first-order valence-corrected chi connectivity index (χ1v) is 11.9. The van der Waals surface area contributed by atoms with Crippen molar-refractivity contribution >= 4 is 33.2 Å². The van der Waals surface area contributed by atoms with Crippen LogP contribution in [0.3, 0.4) is 0 Å². The standard InChI is InChI=1S/C24H23ClN2O3S/c1-27(18-10-3-2-4-11-18)31(29,30)19-14-15-22(25)21(16-19)24(28)26-23-13-7-9-17-8-5-6-12-20(17)23/h2-6,8,10-12,14-16,23H,7,9,13H2,1H3,(H,26,28). The number of amides is 1. The maximum Gasteiger partial charge on any atom is 0.264 e. The number of hydrogen-bond acceptors (Lipinski definition) is 3. The highest BCUT2D eigenvalue weighted by Gasteiger charge is 2.26. The summed E-state index contributed by atoms with van der Waals surface area (Å²) in [5, 5.41) is 3.25. The number of hydrogen-bond donors (Lipinski definition) is 1. The number of nitrogens with zero attached hydrogens (tertiary/aromatic N) is 1. The number of benzene rings is 3. The number of rotatable bonds is 5. The van der Waals surface area contributed by atoms with Crippen LogP contribution in [-0.4, -0.2) is 21.4 Å². The second-order valence-corrected chi connectivity index (χ2v) is 9.94. The van der Waals surface area contributed by atoms with Gasteiger partial charge in [0, 0.05) is 7.05 Å². The highest BCUT2D eigenvalue weighted by molar-refractivity contribution is 7.92. The molecule has 4 rings (SSSR count). The smallest absolute Gasteiger partial charge is 0.264 e. The minimum atomic E-state index is -3.85. The van der Waals surface area contributed by atoms with Crippen molar-refractivity contribution in [1.82, 2.24) is 5.32 Å². The number of anilines is 1. The Kier molecular flexibility index (Phi) is 6.03. The molecule has 0 fully saturated rings. The first-order valence-electron chi connectivity index (χ1n) is 10.1. The van der Waals surface area contributed by atoms with Crippen molar-refractivity contribution in [1.29, 1.82) is 0 Å². The SMILES string of the molecule is CN(c1ccccc1)S(=O)(=O)c1ccc(Cl)c(C(=O)NC2CCCc3ccccc32)c1. The summed E-state index contributed by atoms with van der Waals surface area (Å²) in [6, 6.07) is 20.9. The molecule has 0 radical (unpaired) electrons. The summed E-state index contributed by atoms with van der Waals surface area (Å²) in [6.07, 6.45) is 2.80. The number of carbonyl (C=O) groups is 1.